The van der Waals surface area contributed by atoms with Crippen LogP contribution in [-0.4, -0.2) is 48.4 Å². The molecule has 0 unspecified atom stereocenters. The number of carbonyl (C=O) groups is 1. The van der Waals surface area contributed by atoms with E-state index in [-0.39, 0.29) is 0 Å². The monoisotopic (exact) mass is 196 g/mol. The van der Waals surface area contributed by atoms with Crippen molar-refractivity contribution < 1.29 is 4.79 Å². The molecule has 2 heterocycles. The highest BCUT2D eigenvalue weighted by molar-refractivity contribution is 5.78. The van der Waals surface area contributed by atoms with Gasteiger partial charge < -0.3 is 4.90 Å². The number of likely N-dealkylation sites (tertiary alicyclic amines) is 2. The molecular formula is C11H20N2O. The molecule has 2 saturated heterocycles. The highest BCUT2D eigenvalue weighted by atomic mass is 16.2. The summed E-state index contributed by atoms with van der Waals surface area (Å²) in [4.78, 5) is 16.2. The summed E-state index contributed by atoms with van der Waals surface area (Å²) in [6, 6.07) is 0. The van der Waals surface area contributed by atoms with Gasteiger partial charge in [0.25, 0.3) is 0 Å². The van der Waals surface area contributed by atoms with Crippen LogP contribution < -0.4 is 0 Å². The Labute approximate surface area is 86.1 Å². The molecule has 0 N–H and O–H groups in total. The van der Waals surface area contributed by atoms with Gasteiger partial charge in [-0.25, -0.2) is 0 Å². The largest absolute Gasteiger partial charge is 0.342 e. The maximum absolute atomic E-state index is 11.8. The Hall–Kier alpha value is -0.570. The van der Waals surface area contributed by atoms with E-state index in [1.165, 1.54) is 32.1 Å². The molecule has 0 atom stereocenters. The predicted molar refractivity (Wildman–Crippen MR) is 56.1 cm³/mol. The second-order valence-electron chi connectivity index (χ2n) is 4.42. The van der Waals surface area contributed by atoms with E-state index >= 15 is 0 Å². The van der Waals surface area contributed by atoms with Gasteiger partial charge in [0.05, 0.1) is 6.54 Å². The Bertz CT molecular complexity index is 193. The molecule has 80 valence electrons. The molecule has 0 aromatic carbocycles. The van der Waals surface area contributed by atoms with Crippen molar-refractivity contribution in [1.82, 2.24) is 9.80 Å². The van der Waals surface area contributed by atoms with Crippen LogP contribution in [0.2, 0.25) is 0 Å². The van der Waals surface area contributed by atoms with Crippen molar-refractivity contribution in [2.45, 2.75) is 32.1 Å². The van der Waals surface area contributed by atoms with E-state index in [1.807, 2.05) is 4.90 Å². The van der Waals surface area contributed by atoms with Gasteiger partial charge in [-0.2, -0.15) is 0 Å². The summed E-state index contributed by atoms with van der Waals surface area (Å²) < 4.78 is 0. The number of carbonyl (C=O) groups excluding carboxylic acids is 1. The third-order valence-electron chi connectivity index (χ3n) is 3.27. The molecule has 2 rings (SSSR count). The van der Waals surface area contributed by atoms with E-state index in [1.54, 1.807) is 0 Å². The third-order valence-corrected chi connectivity index (χ3v) is 3.27. The SMILES string of the molecule is O=C(CN1CCCC1)N1CCCCC1. The van der Waals surface area contributed by atoms with Gasteiger partial charge in [0.2, 0.25) is 5.91 Å². The van der Waals surface area contributed by atoms with Crippen LogP contribution in [0.15, 0.2) is 0 Å². The fraction of sp³-hybridized carbons (Fsp3) is 0.909. The number of hydrogen-bond donors (Lipinski definition) is 0. The Morgan fingerprint density at radius 1 is 0.857 bits per heavy atom. The number of piperidine rings is 1. The van der Waals surface area contributed by atoms with E-state index in [9.17, 15) is 4.79 Å². The molecule has 0 aromatic heterocycles. The smallest absolute Gasteiger partial charge is 0.236 e. The predicted octanol–water partition coefficient (Wildman–Crippen LogP) is 1.09. The van der Waals surface area contributed by atoms with Gasteiger partial charge in [0.1, 0.15) is 0 Å². The number of hydrogen-bond acceptors (Lipinski definition) is 2. The van der Waals surface area contributed by atoms with Crippen LogP contribution in [-0.2, 0) is 4.79 Å². The molecule has 0 aliphatic carbocycles. The van der Waals surface area contributed by atoms with Crippen molar-refractivity contribution >= 4 is 5.91 Å². The summed E-state index contributed by atoms with van der Waals surface area (Å²) in [6.45, 7) is 4.90. The molecule has 0 radical (unpaired) electrons. The summed E-state index contributed by atoms with van der Waals surface area (Å²) in [7, 11) is 0. The molecule has 3 nitrogen and oxygen atoms in total. The summed E-state index contributed by atoms with van der Waals surface area (Å²) >= 11 is 0. The lowest BCUT2D eigenvalue weighted by Crippen LogP contribution is -2.41. The fourth-order valence-electron chi connectivity index (χ4n) is 2.38. The zero-order valence-electron chi connectivity index (χ0n) is 8.87. The van der Waals surface area contributed by atoms with Crippen LogP contribution >= 0.6 is 0 Å². The van der Waals surface area contributed by atoms with Gasteiger partial charge in [0, 0.05) is 13.1 Å². The van der Waals surface area contributed by atoms with Crippen molar-refractivity contribution in [3.63, 3.8) is 0 Å². The van der Waals surface area contributed by atoms with Crippen LogP contribution in [0.1, 0.15) is 32.1 Å². The number of nitrogens with zero attached hydrogens (tertiary/aromatic N) is 2. The van der Waals surface area contributed by atoms with Crippen molar-refractivity contribution in [1.29, 1.82) is 0 Å². The average molecular weight is 196 g/mol. The van der Waals surface area contributed by atoms with Gasteiger partial charge in [-0.15, -0.1) is 0 Å². The van der Waals surface area contributed by atoms with E-state index in [0.29, 0.717) is 12.5 Å². The Kier molecular flexibility index (Phi) is 3.40. The molecule has 2 fully saturated rings. The molecule has 0 saturated carbocycles. The summed E-state index contributed by atoms with van der Waals surface area (Å²) in [6.07, 6.45) is 6.24. The minimum atomic E-state index is 0.353. The molecule has 2 aliphatic heterocycles. The van der Waals surface area contributed by atoms with Gasteiger partial charge in [-0.1, -0.05) is 0 Å². The fourth-order valence-corrected chi connectivity index (χ4v) is 2.38. The Morgan fingerprint density at radius 2 is 1.43 bits per heavy atom. The van der Waals surface area contributed by atoms with Crippen LogP contribution in [0.5, 0.6) is 0 Å². The first-order valence-electron chi connectivity index (χ1n) is 5.86. The third kappa shape index (κ3) is 2.47. The van der Waals surface area contributed by atoms with Gasteiger partial charge in [-0.3, -0.25) is 9.69 Å². The van der Waals surface area contributed by atoms with Crippen molar-refractivity contribution in [3.8, 4) is 0 Å². The summed E-state index contributed by atoms with van der Waals surface area (Å²) in [5.41, 5.74) is 0. The van der Waals surface area contributed by atoms with Crippen LogP contribution in [0.4, 0.5) is 0 Å². The van der Waals surface area contributed by atoms with Crippen LogP contribution in [0, 0.1) is 0 Å². The molecule has 2 aliphatic rings. The molecule has 3 heteroatoms. The van der Waals surface area contributed by atoms with E-state index in [2.05, 4.69) is 4.90 Å². The highest BCUT2D eigenvalue weighted by Gasteiger charge is 2.20. The van der Waals surface area contributed by atoms with Gasteiger partial charge in [-0.05, 0) is 45.2 Å². The quantitative estimate of drug-likeness (QED) is 0.660. The van der Waals surface area contributed by atoms with Gasteiger partial charge in [0.15, 0.2) is 0 Å². The second kappa shape index (κ2) is 4.78. The molecule has 0 bridgehead atoms. The Balaban J connectivity index is 1.75. The maximum Gasteiger partial charge on any atom is 0.236 e. The number of amides is 1. The second-order valence-corrected chi connectivity index (χ2v) is 4.42. The summed E-state index contributed by atoms with van der Waals surface area (Å²) in [5.74, 6) is 0.353. The maximum atomic E-state index is 11.8. The number of rotatable bonds is 2. The van der Waals surface area contributed by atoms with Crippen molar-refractivity contribution in [2.24, 2.45) is 0 Å². The first kappa shape index (κ1) is 9.97. The molecular weight excluding hydrogens is 176 g/mol. The summed E-state index contributed by atoms with van der Waals surface area (Å²) in [5, 5.41) is 0. The topological polar surface area (TPSA) is 23.6 Å². The lowest BCUT2D eigenvalue weighted by molar-refractivity contribution is -0.133. The van der Waals surface area contributed by atoms with Crippen molar-refractivity contribution in [3.05, 3.63) is 0 Å². The highest BCUT2D eigenvalue weighted by Crippen LogP contribution is 2.11. The minimum absolute atomic E-state index is 0.353. The molecule has 0 aromatic rings. The van der Waals surface area contributed by atoms with E-state index in [0.717, 1.165) is 26.2 Å². The molecule has 14 heavy (non-hydrogen) atoms. The average Bonchev–Trinajstić information content (AvgIpc) is 2.72. The van der Waals surface area contributed by atoms with E-state index < -0.39 is 0 Å². The zero-order chi connectivity index (χ0) is 9.80. The lowest BCUT2D eigenvalue weighted by Gasteiger charge is -2.28. The Morgan fingerprint density at radius 3 is 2.07 bits per heavy atom. The van der Waals surface area contributed by atoms with Crippen molar-refractivity contribution in [2.75, 3.05) is 32.7 Å². The first-order chi connectivity index (χ1) is 6.86. The van der Waals surface area contributed by atoms with Crippen LogP contribution in [0.25, 0.3) is 0 Å². The molecule has 0 spiro atoms. The van der Waals surface area contributed by atoms with Gasteiger partial charge >= 0.3 is 0 Å². The normalized spacial score (nSPS) is 24.1. The van der Waals surface area contributed by atoms with Crippen LogP contribution in [0.3, 0.4) is 0 Å². The zero-order valence-corrected chi connectivity index (χ0v) is 8.87. The molecule has 1 amide bonds. The minimum Gasteiger partial charge on any atom is -0.342 e. The van der Waals surface area contributed by atoms with E-state index in [4.69, 9.17) is 0 Å². The standard InChI is InChI=1S/C11H20N2O/c14-11(10-12-6-4-5-7-12)13-8-2-1-3-9-13/h1-10H2. The first-order valence-corrected chi connectivity index (χ1v) is 5.86. The lowest BCUT2D eigenvalue weighted by atomic mass is 10.1.